The van der Waals surface area contributed by atoms with Crippen molar-refractivity contribution in [2.75, 3.05) is 5.75 Å². The van der Waals surface area contributed by atoms with Gasteiger partial charge in [-0.05, 0) is 55.5 Å². The molecule has 0 aliphatic carbocycles. The Morgan fingerprint density at radius 1 is 1.19 bits per heavy atom. The Balaban J connectivity index is 1.58. The summed E-state index contributed by atoms with van der Waals surface area (Å²) < 4.78 is 1.49. The second-order valence-electron chi connectivity index (χ2n) is 6.56. The van der Waals surface area contributed by atoms with Gasteiger partial charge in [-0.1, -0.05) is 35.5 Å². The van der Waals surface area contributed by atoms with Crippen molar-refractivity contribution in [3.8, 4) is 5.69 Å². The topological polar surface area (TPSA) is 76.3 Å². The van der Waals surface area contributed by atoms with Crippen LogP contribution in [0.25, 0.3) is 16.6 Å². The Morgan fingerprint density at radius 2 is 1.97 bits per heavy atom. The molecule has 0 spiro atoms. The number of thioether (sulfide) groups is 1. The Kier molecular flexibility index (Phi) is 6.50. The van der Waals surface area contributed by atoms with Crippen LogP contribution < -0.4 is 11.0 Å². The molecule has 0 aliphatic heterocycles. The van der Waals surface area contributed by atoms with E-state index in [2.05, 4.69) is 15.5 Å². The Bertz CT molecular complexity index is 1330. The number of hydrogen-bond donors (Lipinski definition) is 1. The minimum atomic E-state index is -0.292. The van der Waals surface area contributed by atoms with Crippen LogP contribution >= 0.6 is 34.7 Å². The molecule has 0 bridgehead atoms. The lowest BCUT2D eigenvalue weighted by Gasteiger charge is -2.13. The van der Waals surface area contributed by atoms with Gasteiger partial charge in [0.05, 0.1) is 28.6 Å². The third kappa shape index (κ3) is 5.04. The zero-order valence-electron chi connectivity index (χ0n) is 16.4. The van der Waals surface area contributed by atoms with Gasteiger partial charge >= 0.3 is 0 Å². The Labute approximate surface area is 191 Å². The molecule has 1 amide bonds. The molecule has 0 saturated carbocycles. The highest BCUT2D eigenvalue weighted by Gasteiger charge is 2.14. The molecule has 0 radical (unpaired) electrons. The molecule has 2 aromatic carbocycles. The fraction of sp³-hybridized carbons (Fsp3) is 0.0909. The number of benzene rings is 2. The minimum absolute atomic E-state index is 0.0547. The van der Waals surface area contributed by atoms with Gasteiger partial charge in [0.15, 0.2) is 5.16 Å². The van der Waals surface area contributed by atoms with Crippen LogP contribution in [0.3, 0.4) is 0 Å². The lowest BCUT2D eigenvalue weighted by atomic mass is 10.2. The number of aryl methyl sites for hydroxylation is 1. The highest BCUT2D eigenvalue weighted by atomic mass is 35.5. The first-order valence-electron chi connectivity index (χ1n) is 9.30. The van der Waals surface area contributed by atoms with Gasteiger partial charge < -0.3 is 0 Å². The average molecular weight is 469 g/mol. The first kappa shape index (κ1) is 21.3. The van der Waals surface area contributed by atoms with Crippen molar-refractivity contribution in [3.63, 3.8) is 0 Å². The number of amides is 1. The average Bonchev–Trinajstić information content (AvgIpc) is 3.18. The van der Waals surface area contributed by atoms with Crippen molar-refractivity contribution >= 4 is 57.7 Å². The third-order valence-corrected chi connectivity index (χ3v) is 6.43. The summed E-state index contributed by atoms with van der Waals surface area (Å²) in [5.74, 6) is -0.237. The second-order valence-corrected chi connectivity index (χ2v) is 9.26. The summed E-state index contributed by atoms with van der Waals surface area (Å²) in [5.41, 5.74) is 3.51. The molecule has 2 aromatic heterocycles. The largest absolute Gasteiger partial charge is 0.272 e. The highest BCUT2D eigenvalue weighted by molar-refractivity contribution is 7.99. The number of nitrogens with one attached hydrogen (secondary N) is 1. The van der Waals surface area contributed by atoms with Gasteiger partial charge in [-0.25, -0.2) is 10.4 Å². The van der Waals surface area contributed by atoms with Gasteiger partial charge in [-0.2, -0.15) is 5.10 Å². The van der Waals surface area contributed by atoms with E-state index in [0.717, 1.165) is 4.88 Å². The Morgan fingerprint density at radius 3 is 2.71 bits per heavy atom. The second kappa shape index (κ2) is 9.47. The number of hydrazone groups is 1. The van der Waals surface area contributed by atoms with Crippen molar-refractivity contribution in [1.82, 2.24) is 15.0 Å². The summed E-state index contributed by atoms with van der Waals surface area (Å²) in [6, 6.07) is 18.0. The van der Waals surface area contributed by atoms with Crippen molar-refractivity contribution in [1.29, 1.82) is 0 Å². The first-order chi connectivity index (χ1) is 15.0. The Hall–Kier alpha value is -2.94. The maximum Gasteiger partial charge on any atom is 0.266 e. The minimum Gasteiger partial charge on any atom is -0.272 e. The molecule has 0 aliphatic rings. The highest BCUT2D eigenvalue weighted by Crippen LogP contribution is 2.22. The van der Waals surface area contributed by atoms with Gasteiger partial charge in [-0.15, -0.1) is 11.3 Å². The normalized spacial score (nSPS) is 11.3. The number of carbonyl (C=O) groups is 1. The molecule has 0 unspecified atom stereocenters. The van der Waals surface area contributed by atoms with E-state index in [1.54, 1.807) is 60.0 Å². The number of carbonyl (C=O) groups excluding carboxylic acids is 1. The van der Waals surface area contributed by atoms with Crippen LogP contribution in [0.5, 0.6) is 0 Å². The van der Waals surface area contributed by atoms with Crippen LogP contribution in [-0.4, -0.2) is 27.4 Å². The fourth-order valence-electron chi connectivity index (χ4n) is 2.88. The van der Waals surface area contributed by atoms with E-state index in [4.69, 9.17) is 11.6 Å². The maximum atomic E-state index is 13.2. The van der Waals surface area contributed by atoms with Crippen molar-refractivity contribution < 1.29 is 4.79 Å². The molecule has 4 aromatic rings. The van der Waals surface area contributed by atoms with Crippen LogP contribution in [0, 0.1) is 6.92 Å². The van der Waals surface area contributed by atoms with E-state index in [1.807, 2.05) is 25.1 Å². The van der Waals surface area contributed by atoms with Gasteiger partial charge in [0.2, 0.25) is 0 Å². The van der Waals surface area contributed by atoms with Crippen LogP contribution in [0.4, 0.5) is 0 Å². The summed E-state index contributed by atoms with van der Waals surface area (Å²) in [7, 11) is 0. The van der Waals surface area contributed by atoms with Crippen LogP contribution in [0.2, 0.25) is 5.02 Å². The summed E-state index contributed by atoms with van der Waals surface area (Å²) in [6.07, 6.45) is 1.61. The maximum absolute atomic E-state index is 13.2. The van der Waals surface area contributed by atoms with E-state index in [0.29, 0.717) is 26.8 Å². The molecule has 9 heteroatoms. The van der Waals surface area contributed by atoms with Crippen molar-refractivity contribution in [2.45, 2.75) is 12.1 Å². The summed E-state index contributed by atoms with van der Waals surface area (Å²) >= 11 is 8.76. The lowest BCUT2D eigenvalue weighted by molar-refractivity contribution is -0.118. The van der Waals surface area contributed by atoms with E-state index >= 15 is 0 Å². The number of halogens is 1. The summed E-state index contributed by atoms with van der Waals surface area (Å²) in [6.45, 7) is 2.01. The molecular formula is C22H17ClN4O2S2. The molecule has 1 N–H and O–H groups in total. The summed E-state index contributed by atoms with van der Waals surface area (Å²) in [5, 5.41) is 5.48. The molecule has 0 fully saturated rings. The molecule has 4 rings (SSSR count). The smallest absolute Gasteiger partial charge is 0.266 e. The van der Waals surface area contributed by atoms with Crippen LogP contribution in [0.15, 0.2) is 75.7 Å². The number of aromatic nitrogens is 2. The van der Waals surface area contributed by atoms with E-state index < -0.39 is 0 Å². The predicted molar refractivity (Wildman–Crippen MR) is 128 cm³/mol. The van der Waals surface area contributed by atoms with Crippen molar-refractivity contribution in [3.05, 3.63) is 85.8 Å². The van der Waals surface area contributed by atoms with Gasteiger partial charge in [-0.3, -0.25) is 14.2 Å². The summed E-state index contributed by atoms with van der Waals surface area (Å²) in [4.78, 5) is 32.2. The molecular weight excluding hydrogens is 452 g/mol. The fourth-order valence-corrected chi connectivity index (χ4v) is 4.56. The zero-order chi connectivity index (χ0) is 21.8. The van der Waals surface area contributed by atoms with E-state index in [1.165, 1.54) is 21.2 Å². The number of thiophene rings is 1. The monoisotopic (exact) mass is 468 g/mol. The predicted octanol–water partition coefficient (Wildman–Crippen LogP) is 4.65. The number of hydrogen-bond acceptors (Lipinski definition) is 6. The standard InChI is InChI=1S/C22H17ClN4O2S2/c1-14-6-11-17(31-14)12-24-26-20(28)13-30-22-25-19-5-3-2-4-18(19)21(29)27(22)16-9-7-15(23)8-10-16/h2-12H,13H2,1H3,(H,26,28). The van der Waals surface area contributed by atoms with Gasteiger partial charge in [0.25, 0.3) is 11.5 Å². The van der Waals surface area contributed by atoms with Gasteiger partial charge in [0.1, 0.15) is 0 Å². The molecule has 2 heterocycles. The lowest BCUT2D eigenvalue weighted by Crippen LogP contribution is -2.24. The van der Waals surface area contributed by atoms with Crippen LogP contribution in [0.1, 0.15) is 9.75 Å². The number of nitrogens with zero attached hydrogens (tertiary/aromatic N) is 3. The molecule has 0 atom stereocenters. The molecule has 156 valence electrons. The van der Waals surface area contributed by atoms with Gasteiger partial charge in [0, 0.05) is 14.8 Å². The first-order valence-corrected chi connectivity index (χ1v) is 11.5. The third-order valence-electron chi connectivity index (χ3n) is 4.30. The molecule has 31 heavy (non-hydrogen) atoms. The van der Waals surface area contributed by atoms with E-state index in [-0.39, 0.29) is 17.2 Å². The number of para-hydroxylation sites is 1. The number of fused-ring (bicyclic) bond motifs is 1. The molecule has 0 saturated heterocycles. The van der Waals surface area contributed by atoms with Crippen LogP contribution in [-0.2, 0) is 4.79 Å². The molecule has 6 nitrogen and oxygen atoms in total. The number of rotatable bonds is 6. The SMILES string of the molecule is Cc1ccc(C=NNC(=O)CSc2nc3ccccc3c(=O)n2-c2ccc(Cl)cc2)s1. The zero-order valence-corrected chi connectivity index (χ0v) is 18.8. The van der Waals surface area contributed by atoms with E-state index in [9.17, 15) is 9.59 Å². The quantitative estimate of drug-likeness (QED) is 0.193. The van der Waals surface area contributed by atoms with Crippen molar-refractivity contribution in [2.24, 2.45) is 5.10 Å².